The van der Waals surface area contributed by atoms with Crippen molar-refractivity contribution < 1.29 is 19.7 Å². The van der Waals surface area contributed by atoms with E-state index in [0.717, 1.165) is 0 Å². The van der Waals surface area contributed by atoms with Gasteiger partial charge in [-0.3, -0.25) is 4.79 Å². The van der Waals surface area contributed by atoms with Gasteiger partial charge in [-0.25, -0.2) is 5.43 Å². The summed E-state index contributed by atoms with van der Waals surface area (Å²) in [5, 5.41) is 22.8. The number of hydrazone groups is 1. The van der Waals surface area contributed by atoms with Gasteiger partial charge in [0.1, 0.15) is 5.75 Å². The Kier molecular flexibility index (Phi) is 5.21. The number of carbonyl (C=O) groups excluding carboxylic acids is 1. The molecule has 0 heterocycles. The van der Waals surface area contributed by atoms with Crippen molar-refractivity contribution in [2.75, 3.05) is 6.61 Å². The predicted octanol–water partition coefficient (Wildman–Crippen LogP) is 2.28. The van der Waals surface area contributed by atoms with Crippen molar-refractivity contribution in [2.24, 2.45) is 5.10 Å². The molecule has 22 heavy (non-hydrogen) atoms. The molecule has 0 aliphatic heterocycles. The van der Waals surface area contributed by atoms with Gasteiger partial charge in [-0.15, -0.1) is 0 Å². The number of nitrogens with one attached hydrogen (secondary N) is 1. The average Bonchev–Trinajstić information content (AvgIpc) is 2.50. The number of aromatic hydroxyl groups is 2. The van der Waals surface area contributed by atoms with Crippen molar-refractivity contribution in [2.45, 2.75) is 0 Å². The zero-order valence-electron chi connectivity index (χ0n) is 11.4. The largest absolute Gasteiger partial charge is 0.504 e. The van der Waals surface area contributed by atoms with Crippen LogP contribution in [0.25, 0.3) is 0 Å². The number of hydrogen-bond acceptors (Lipinski definition) is 5. The molecule has 0 unspecified atom stereocenters. The molecule has 0 bridgehead atoms. The number of benzene rings is 2. The minimum atomic E-state index is -0.436. The second kappa shape index (κ2) is 7.33. The van der Waals surface area contributed by atoms with E-state index in [1.54, 1.807) is 24.3 Å². The molecule has 2 rings (SSSR count). The van der Waals surface area contributed by atoms with E-state index in [1.165, 1.54) is 24.4 Å². The normalized spacial score (nSPS) is 10.6. The average molecular weight is 321 g/mol. The molecule has 0 radical (unpaired) electrons. The minimum absolute atomic E-state index is 0.195. The second-order valence-electron chi connectivity index (χ2n) is 4.28. The molecule has 2 aromatic rings. The summed E-state index contributed by atoms with van der Waals surface area (Å²) < 4.78 is 5.24. The van der Waals surface area contributed by atoms with Gasteiger partial charge in [0.25, 0.3) is 5.91 Å². The molecule has 6 nitrogen and oxygen atoms in total. The van der Waals surface area contributed by atoms with Gasteiger partial charge in [-0.05, 0) is 48.0 Å². The molecule has 1 amide bonds. The van der Waals surface area contributed by atoms with Gasteiger partial charge in [-0.2, -0.15) is 5.10 Å². The highest BCUT2D eigenvalue weighted by Crippen LogP contribution is 2.23. The second-order valence-corrected chi connectivity index (χ2v) is 4.72. The SMILES string of the molecule is O=C(COc1ccc(Cl)cc1)N/N=C/c1ccc(O)c(O)c1. The Hall–Kier alpha value is -2.73. The molecule has 2 aromatic carbocycles. The van der Waals surface area contributed by atoms with Crippen LogP contribution >= 0.6 is 11.6 Å². The number of phenolic OH excluding ortho intramolecular Hbond substituents is 2. The van der Waals surface area contributed by atoms with E-state index in [4.69, 9.17) is 21.4 Å². The third kappa shape index (κ3) is 4.68. The number of ether oxygens (including phenoxy) is 1. The number of phenols is 2. The number of rotatable bonds is 5. The van der Waals surface area contributed by atoms with Crippen molar-refractivity contribution in [1.29, 1.82) is 0 Å². The third-order valence-electron chi connectivity index (χ3n) is 2.59. The standard InChI is InChI=1S/C15H13ClN2O4/c16-11-2-4-12(5-3-11)22-9-15(21)18-17-8-10-1-6-13(19)14(20)7-10/h1-8,19-20H,9H2,(H,18,21)/b17-8+. The zero-order valence-corrected chi connectivity index (χ0v) is 12.1. The Morgan fingerprint density at radius 2 is 1.91 bits per heavy atom. The summed E-state index contributed by atoms with van der Waals surface area (Å²) in [4.78, 5) is 11.5. The highest BCUT2D eigenvalue weighted by atomic mass is 35.5. The Bertz CT molecular complexity index is 686. The van der Waals surface area contributed by atoms with Crippen LogP contribution in [0.15, 0.2) is 47.6 Å². The summed E-state index contributed by atoms with van der Waals surface area (Å²) in [5.41, 5.74) is 2.80. The molecule has 0 fully saturated rings. The fourth-order valence-electron chi connectivity index (χ4n) is 1.51. The first-order chi connectivity index (χ1) is 10.5. The summed E-state index contributed by atoms with van der Waals surface area (Å²) >= 11 is 5.73. The fraction of sp³-hybridized carbons (Fsp3) is 0.0667. The third-order valence-corrected chi connectivity index (χ3v) is 2.84. The Morgan fingerprint density at radius 3 is 2.59 bits per heavy atom. The monoisotopic (exact) mass is 320 g/mol. The van der Waals surface area contributed by atoms with Crippen LogP contribution in [-0.4, -0.2) is 28.9 Å². The van der Waals surface area contributed by atoms with Gasteiger partial charge >= 0.3 is 0 Å². The molecule has 0 spiro atoms. The smallest absolute Gasteiger partial charge is 0.277 e. The molecule has 0 saturated heterocycles. The van der Waals surface area contributed by atoms with Gasteiger partial charge < -0.3 is 14.9 Å². The Labute approximate surface area is 131 Å². The molecular formula is C15H13ClN2O4. The van der Waals surface area contributed by atoms with Crippen LogP contribution in [0.4, 0.5) is 0 Å². The van der Waals surface area contributed by atoms with E-state index >= 15 is 0 Å². The maximum atomic E-state index is 11.5. The summed E-state index contributed by atoms with van der Waals surface area (Å²) in [5.74, 6) is -0.403. The first-order valence-electron chi connectivity index (χ1n) is 6.27. The lowest BCUT2D eigenvalue weighted by Crippen LogP contribution is -2.24. The molecule has 0 aromatic heterocycles. The molecule has 3 N–H and O–H groups in total. The van der Waals surface area contributed by atoms with E-state index < -0.39 is 5.91 Å². The van der Waals surface area contributed by atoms with Crippen LogP contribution in [0.5, 0.6) is 17.2 Å². The van der Waals surface area contributed by atoms with Gasteiger partial charge in [0.05, 0.1) is 6.21 Å². The first-order valence-corrected chi connectivity index (χ1v) is 6.64. The van der Waals surface area contributed by atoms with E-state index in [9.17, 15) is 9.90 Å². The number of halogens is 1. The van der Waals surface area contributed by atoms with Gasteiger partial charge in [-0.1, -0.05) is 11.6 Å². The summed E-state index contributed by atoms with van der Waals surface area (Å²) in [6.07, 6.45) is 1.33. The lowest BCUT2D eigenvalue weighted by Gasteiger charge is -2.04. The highest BCUT2D eigenvalue weighted by molar-refractivity contribution is 6.30. The molecule has 0 saturated carbocycles. The van der Waals surface area contributed by atoms with E-state index in [1.807, 2.05) is 0 Å². The molecule has 0 atom stereocenters. The fourth-order valence-corrected chi connectivity index (χ4v) is 1.64. The Balaban J connectivity index is 1.80. The Morgan fingerprint density at radius 1 is 1.18 bits per heavy atom. The molecule has 114 valence electrons. The summed E-state index contributed by atoms with van der Waals surface area (Å²) in [6.45, 7) is -0.195. The van der Waals surface area contributed by atoms with Crippen molar-refractivity contribution in [1.82, 2.24) is 5.43 Å². The zero-order chi connectivity index (χ0) is 15.9. The summed E-state index contributed by atoms with van der Waals surface area (Å²) in [6, 6.07) is 10.8. The quantitative estimate of drug-likeness (QED) is 0.448. The van der Waals surface area contributed by atoms with E-state index in [2.05, 4.69) is 10.5 Å². The van der Waals surface area contributed by atoms with Crippen molar-refractivity contribution in [3.05, 3.63) is 53.1 Å². The lowest BCUT2D eigenvalue weighted by molar-refractivity contribution is -0.123. The molecular weight excluding hydrogens is 308 g/mol. The van der Waals surface area contributed by atoms with Gasteiger partial charge in [0.2, 0.25) is 0 Å². The van der Waals surface area contributed by atoms with Crippen molar-refractivity contribution >= 4 is 23.7 Å². The van der Waals surface area contributed by atoms with Crippen LogP contribution in [0.1, 0.15) is 5.56 Å². The number of nitrogens with zero attached hydrogens (tertiary/aromatic N) is 1. The van der Waals surface area contributed by atoms with Crippen molar-refractivity contribution in [3.63, 3.8) is 0 Å². The van der Waals surface area contributed by atoms with Crippen LogP contribution in [0, 0.1) is 0 Å². The molecule has 7 heteroatoms. The maximum Gasteiger partial charge on any atom is 0.277 e. The lowest BCUT2D eigenvalue weighted by atomic mass is 10.2. The number of hydrogen-bond donors (Lipinski definition) is 3. The predicted molar refractivity (Wildman–Crippen MR) is 82.5 cm³/mol. The summed E-state index contributed by atoms with van der Waals surface area (Å²) in [7, 11) is 0. The van der Waals surface area contributed by atoms with Crippen LogP contribution < -0.4 is 10.2 Å². The molecule has 0 aliphatic rings. The van der Waals surface area contributed by atoms with E-state index in [-0.39, 0.29) is 18.1 Å². The minimum Gasteiger partial charge on any atom is -0.504 e. The first kappa shape index (κ1) is 15.7. The van der Waals surface area contributed by atoms with Crippen LogP contribution in [-0.2, 0) is 4.79 Å². The van der Waals surface area contributed by atoms with Crippen LogP contribution in [0.3, 0.4) is 0 Å². The highest BCUT2D eigenvalue weighted by Gasteiger charge is 2.02. The van der Waals surface area contributed by atoms with Crippen LogP contribution in [0.2, 0.25) is 5.02 Å². The number of amides is 1. The van der Waals surface area contributed by atoms with E-state index in [0.29, 0.717) is 16.3 Å². The topological polar surface area (TPSA) is 91.2 Å². The number of carbonyl (C=O) groups is 1. The molecule has 0 aliphatic carbocycles. The van der Waals surface area contributed by atoms with Gasteiger partial charge in [0, 0.05) is 5.02 Å². The van der Waals surface area contributed by atoms with Gasteiger partial charge in [0.15, 0.2) is 18.1 Å². The maximum absolute atomic E-state index is 11.5. The van der Waals surface area contributed by atoms with Crippen molar-refractivity contribution in [3.8, 4) is 17.2 Å².